The average Bonchev–Trinajstić information content (AvgIpc) is 3.21. The van der Waals surface area contributed by atoms with Crippen LogP contribution in [0.4, 0.5) is 11.4 Å². The Balaban J connectivity index is 1.73. The van der Waals surface area contributed by atoms with Gasteiger partial charge in [-0.2, -0.15) is 0 Å². The van der Waals surface area contributed by atoms with Crippen LogP contribution in [0.15, 0.2) is 67.0 Å². The molecule has 26 heavy (non-hydrogen) atoms. The second-order valence-corrected chi connectivity index (χ2v) is 5.96. The molecular weight excluding hydrogens is 330 g/mol. The molecule has 0 radical (unpaired) electrons. The molecule has 130 valence electrons. The Labute approximate surface area is 150 Å². The van der Waals surface area contributed by atoms with Gasteiger partial charge in [0.25, 0.3) is 5.91 Å². The lowest BCUT2D eigenvalue weighted by atomic mass is 10.1. The van der Waals surface area contributed by atoms with Crippen LogP contribution in [0.1, 0.15) is 10.4 Å². The van der Waals surface area contributed by atoms with E-state index in [0.29, 0.717) is 22.7 Å². The van der Waals surface area contributed by atoms with Gasteiger partial charge in [-0.05, 0) is 42.5 Å². The molecule has 6 heteroatoms. The van der Waals surface area contributed by atoms with Crippen molar-refractivity contribution in [2.75, 3.05) is 23.9 Å². The molecule has 2 aromatic carbocycles. The highest BCUT2D eigenvalue weighted by molar-refractivity contribution is 6.15. The van der Waals surface area contributed by atoms with Crippen LogP contribution in [0.3, 0.4) is 0 Å². The summed E-state index contributed by atoms with van der Waals surface area (Å²) in [5, 5.41) is 2.79. The maximum atomic E-state index is 13.1. The number of carbonyl (C=O) groups is 2. The van der Waals surface area contributed by atoms with Crippen molar-refractivity contribution in [3.8, 4) is 11.4 Å². The van der Waals surface area contributed by atoms with Gasteiger partial charge < -0.3 is 14.6 Å². The van der Waals surface area contributed by atoms with Crippen molar-refractivity contribution in [2.24, 2.45) is 0 Å². The van der Waals surface area contributed by atoms with Crippen molar-refractivity contribution >= 4 is 23.2 Å². The Bertz CT molecular complexity index is 980. The zero-order chi connectivity index (χ0) is 18.1. The van der Waals surface area contributed by atoms with Crippen LogP contribution in [-0.2, 0) is 4.79 Å². The number of ether oxygens (including phenoxy) is 1. The highest BCUT2D eigenvalue weighted by atomic mass is 16.5. The number of aromatic nitrogens is 1. The first-order chi connectivity index (χ1) is 12.7. The van der Waals surface area contributed by atoms with Crippen molar-refractivity contribution in [2.45, 2.75) is 0 Å². The summed E-state index contributed by atoms with van der Waals surface area (Å²) in [5.74, 6) is 0.166. The molecule has 0 saturated carbocycles. The number of methoxy groups -OCH3 is 1. The lowest BCUT2D eigenvalue weighted by Crippen LogP contribution is -2.42. The summed E-state index contributed by atoms with van der Waals surface area (Å²) in [6.45, 7) is -0.0350. The van der Waals surface area contributed by atoms with Gasteiger partial charge in [-0.3, -0.25) is 14.5 Å². The number of hydrogen-bond acceptors (Lipinski definition) is 3. The summed E-state index contributed by atoms with van der Waals surface area (Å²) in [5.41, 5.74) is 2.62. The number of carbonyl (C=O) groups excluding carboxylic acids is 2. The van der Waals surface area contributed by atoms with E-state index < -0.39 is 0 Å². The predicted molar refractivity (Wildman–Crippen MR) is 99.1 cm³/mol. The number of hydrogen-bond donors (Lipinski definition) is 1. The molecule has 0 unspecified atom stereocenters. The zero-order valence-corrected chi connectivity index (χ0v) is 14.2. The van der Waals surface area contributed by atoms with Crippen LogP contribution in [0.25, 0.3) is 5.69 Å². The Morgan fingerprint density at radius 1 is 1.08 bits per heavy atom. The molecule has 2 heterocycles. The summed E-state index contributed by atoms with van der Waals surface area (Å²) < 4.78 is 7.18. The number of nitrogens with zero attached hydrogens (tertiary/aromatic N) is 2. The van der Waals surface area contributed by atoms with E-state index in [-0.39, 0.29) is 18.4 Å². The van der Waals surface area contributed by atoms with Crippen LogP contribution >= 0.6 is 0 Å². The molecule has 6 nitrogen and oxygen atoms in total. The molecule has 4 rings (SSSR count). The molecule has 3 aromatic rings. The van der Waals surface area contributed by atoms with Crippen molar-refractivity contribution in [1.29, 1.82) is 0 Å². The fraction of sp³-hybridized carbons (Fsp3) is 0.100. The minimum absolute atomic E-state index is 0.0350. The van der Waals surface area contributed by atoms with Crippen LogP contribution in [0, 0.1) is 0 Å². The fourth-order valence-electron chi connectivity index (χ4n) is 3.03. The van der Waals surface area contributed by atoms with Crippen molar-refractivity contribution < 1.29 is 14.3 Å². The van der Waals surface area contributed by atoms with Gasteiger partial charge >= 0.3 is 0 Å². The lowest BCUT2D eigenvalue weighted by molar-refractivity contribution is -0.115. The SMILES string of the molecule is COc1ccc2c(c1)N(C(=O)c1cccc(-n3cccc3)c1)CC(=O)N2. The van der Waals surface area contributed by atoms with Crippen molar-refractivity contribution in [1.82, 2.24) is 4.57 Å². The van der Waals surface area contributed by atoms with Gasteiger partial charge in [0, 0.05) is 29.7 Å². The molecule has 0 aliphatic carbocycles. The number of rotatable bonds is 3. The predicted octanol–water partition coefficient (Wildman–Crippen LogP) is 3.08. The smallest absolute Gasteiger partial charge is 0.258 e. The number of benzene rings is 2. The summed E-state index contributed by atoms with van der Waals surface area (Å²) in [7, 11) is 1.57. The van der Waals surface area contributed by atoms with Crippen LogP contribution < -0.4 is 15.0 Å². The highest BCUT2D eigenvalue weighted by Gasteiger charge is 2.28. The van der Waals surface area contributed by atoms with Crippen LogP contribution in [0.2, 0.25) is 0 Å². The Kier molecular flexibility index (Phi) is 3.93. The lowest BCUT2D eigenvalue weighted by Gasteiger charge is -2.29. The van der Waals surface area contributed by atoms with Gasteiger partial charge in [0.1, 0.15) is 12.3 Å². The molecule has 1 N–H and O–H groups in total. The average molecular weight is 347 g/mol. The van der Waals surface area contributed by atoms with Crippen molar-refractivity contribution in [3.05, 3.63) is 72.6 Å². The normalized spacial score (nSPS) is 13.1. The van der Waals surface area contributed by atoms with E-state index in [9.17, 15) is 9.59 Å². The van der Waals surface area contributed by atoms with Gasteiger partial charge in [-0.25, -0.2) is 0 Å². The third kappa shape index (κ3) is 2.82. The maximum absolute atomic E-state index is 13.1. The topological polar surface area (TPSA) is 63.6 Å². The Morgan fingerprint density at radius 3 is 2.65 bits per heavy atom. The second kappa shape index (κ2) is 6.40. The third-order valence-electron chi connectivity index (χ3n) is 4.31. The van der Waals surface area contributed by atoms with Gasteiger partial charge in [0.05, 0.1) is 18.5 Å². The van der Waals surface area contributed by atoms with Crippen LogP contribution in [0.5, 0.6) is 5.75 Å². The first-order valence-electron chi connectivity index (χ1n) is 8.19. The van der Waals surface area contributed by atoms with Crippen LogP contribution in [-0.4, -0.2) is 30.0 Å². The minimum Gasteiger partial charge on any atom is -0.497 e. The minimum atomic E-state index is -0.233. The van der Waals surface area contributed by atoms with Gasteiger partial charge in [0.15, 0.2) is 0 Å². The molecule has 0 spiro atoms. The van der Waals surface area contributed by atoms with Gasteiger partial charge in [0.2, 0.25) is 5.91 Å². The first kappa shape index (κ1) is 16.0. The summed E-state index contributed by atoms with van der Waals surface area (Å²) >= 11 is 0. The number of fused-ring (bicyclic) bond motifs is 1. The molecule has 1 aliphatic rings. The molecule has 0 fully saturated rings. The van der Waals surface area contributed by atoms with Gasteiger partial charge in [-0.15, -0.1) is 0 Å². The summed E-state index contributed by atoms with van der Waals surface area (Å²) in [4.78, 5) is 26.6. The summed E-state index contributed by atoms with van der Waals surface area (Å²) in [6.07, 6.45) is 3.83. The standard InChI is InChI=1S/C20H17N3O3/c1-26-16-7-8-17-18(12-16)23(13-19(24)21-17)20(25)14-5-4-6-15(11-14)22-9-2-3-10-22/h2-12H,13H2,1H3,(H,21,24). The Morgan fingerprint density at radius 2 is 1.88 bits per heavy atom. The van der Waals surface area contributed by atoms with E-state index in [1.165, 1.54) is 4.90 Å². The Hall–Kier alpha value is -3.54. The van der Waals surface area contributed by atoms with Crippen molar-refractivity contribution in [3.63, 3.8) is 0 Å². The largest absolute Gasteiger partial charge is 0.497 e. The summed E-state index contributed by atoms with van der Waals surface area (Å²) in [6, 6.07) is 16.4. The van der Waals surface area contributed by atoms with E-state index in [4.69, 9.17) is 4.74 Å². The fourth-order valence-corrected chi connectivity index (χ4v) is 3.03. The molecule has 1 aliphatic heterocycles. The van der Waals surface area contributed by atoms with E-state index in [1.54, 1.807) is 31.4 Å². The first-order valence-corrected chi connectivity index (χ1v) is 8.19. The van der Waals surface area contributed by atoms with E-state index in [1.807, 2.05) is 47.3 Å². The molecule has 0 atom stereocenters. The monoisotopic (exact) mass is 347 g/mol. The number of anilines is 2. The third-order valence-corrected chi connectivity index (χ3v) is 4.31. The maximum Gasteiger partial charge on any atom is 0.258 e. The quantitative estimate of drug-likeness (QED) is 0.792. The van der Waals surface area contributed by atoms with E-state index in [2.05, 4.69) is 5.32 Å². The van der Waals surface area contributed by atoms with Gasteiger partial charge in [-0.1, -0.05) is 6.07 Å². The second-order valence-electron chi connectivity index (χ2n) is 5.96. The highest BCUT2D eigenvalue weighted by Crippen LogP contribution is 2.34. The molecule has 2 amide bonds. The molecule has 0 bridgehead atoms. The molecular formula is C20H17N3O3. The molecule has 0 saturated heterocycles. The van der Waals surface area contributed by atoms with E-state index >= 15 is 0 Å². The number of amides is 2. The number of nitrogens with one attached hydrogen (secondary N) is 1. The van der Waals surface area contributed by atoms with E-state index in [0.717, 1.165) is 5.69 Å². The molecule has 1 aromatic heterocycles. The zero-order valence-electron chi connectivity index (χ0n) is 14.2.